The molecule has 0 radical (unpaired) electrons. The maximum absolute atomic E-state index is 15.0. The molecule has 6 fully saturated rings. The number of carboxylic acid groups (broad SMARTS) is 2. The Hall–Kier alpha value is -4.42. The van der Waals surface area contributed by atoms with Gasteiger partial charge in [0, 0.05) is 74.3 Å². The van der Waals surface area contributed by atoms with Gasteiger partial charge in [0.1, 0.15) is 35.1 Å². The van der Waals surface area contributed by atoms with Gasteiger partial charge in [0.2, 0.25) is 10.9 Å². The molecule has 0 bridgehead atoms. The number of nitrogens with zero attached hydrogens (tertiary/aromatic N) is 4. The maximum atomic E-state index is 15.0. The lowest BCUT2D eigenvalue weighted by molar-refractivity contribution is 0.0684. The van der Waals surface area contributed by atoms with E-state index in [1.165, 1.54) is 9.13 Å². The van der Waals surface area contributed by atoms with Gasteiger partial charge in [-0.05, 0) is 37.8 Å². The zero-order chi connectivity index (χ0) is 39.9. The molecule has 2 spiro atoms. The highest BCUT2D eigenvalue weighted by Gasteiger charge is 2.55. The maximum Gasteiger partial charge on any atom is 0.341 e. The number of nitrogens with two attached hydrogens (primary N) is 2. The number of fused-ring (bicyclic) bond motifs is 2. The lowest BCUT2D eigenvalue weighted by Gasteiger charge is -2.23. The third kappa shape index (κ3) is 6.15. The van der Waals surface area contributed by atoms with Crippen LogP contribution in [0.5, 0.6) is 0 Å². The molecule has 8 N–H and O–H groups in total. The van der Waals surface area contributed by atoms with E-state index in [-0.39, 0.29) is 84.5 Å². The van der Waals surface area contributed by atoms with Crippen molar-refractivity contribution in [2.24, 2.45) is 22.3 Å². The number of alkyl halides is 2. The summed E-state index contributed by atoms with van der Waals surface area (Å²) in [6, 6.07) is 0.616. The zero-order valence-corrected chi connectivity index (χ0v) is 31.6. The van der Waals surface area contributed by atoms with Crippen molar-refractivity contribution in [3.05, 3.63) is 77.8 Å². The van der Waals surface area contributed by atoms with Crippen LogP contribution in [0.3, 0.4) is 0 Å². The van der Waals surface area contributed by atoms with Gasteiger partial charge in [0.05, 0.1) is 55.3 Å². The van der Waals surface area contributed by atoms with Crippen molar-refractivity contribution in [2.45, 2.75) is 75.0 Å². The van der Waals surface area contributed by atoms with Crippen LogP contribution in [0, 0.1) is 22.5 Å². The third-order valence-corrected chi connectivity index (χ3v) is 13.5. The van der Waals surface area contributed by atoms with Gasteiger partial charge in [-0.2, -0.15) is 0 Å². The molecule has 19 heteroatoms. The van der Waals surface area contributed by atoms with Crippen LogP contribution in [0.2, 0.25) is 10.0 Å². The molecule has 6 atom stereocenters. The Morgan fingerprint density at radius 1 is 0.702 bits per heavy atom. The normalized spacial score (nSPS) is 27.1. The Morgan fingerprint density at radius 3 is 1.30 bits per heavy atom. The molecule has 6 aliphatic rings. The third-order valence-electron chi connectivity index (χ3n) is 12.7. The molecule has 4 heterocycles. The summed E-state index contributed by atoms with van der Waals surface area (Å²) in [6.07, 6.45) is 4.22. The number of aromatic nitrogens is 2. The molecule has 0 amide bonds. The van der Waals surface area contributed by atoms with Crippen LogP contribution in [0.1, 0.15) is 71.3 Å². The minimum atomic E-state index is -1.45. The minimum Gasteiger partial charge on any atom is -0.477 e. The minimum absolute atomic E-state index is 0. The summed E-state index contributed by atoms with van der Waals surface area (Å²) in [4.78, 5) is 51.7. The Balaban J connectivity index is 0.000000157. The fourth-order valence-corrected chi connectivity index (χ4v) is 9.67. The molecule has 2 aromatic heterocycles. The monoisotopic (exact) mass is 836 g/mol. The number of anilines is 2. The molecule has 4 saturated carbocycles. The number of aromatic carboxylic acids is 2. The van der Waals surface area contributed by atoms with Crippen LogP contribution in [-0.4, -0.2) is 87.4 Å². The summed E-state index contributed by atoms with van der Waals surface area (Å²) in [5, 5.41) is 18.3. The number of hydrogen-bond acceptors (Lipinski definition) is 8. The van der Waals surface area contributed by atoms with Crippen LogP contribution in [0.25, 0.3) is 21.8 Å². The van der Waals surface area contributed by atoms with E-state index in [9.17, 15) is 38.2 Å². The van der Waals surface area contributed by atoms with Crippen molar-refractivity contribution in [1.29, 1.82) is 0 Å². The Kier molecular flexibility index (Phi) is 9.20. The second-order valence-corrected chi connectivity index (χ2v) is 17.1. The number of halogens is 6. The van der Waals surface area contributed by atoms with Gasteiger partial charge in [0.25, 0.3) is 0 Å². The summed E-state index contributed by atoms with van der Waals surface area (Å²) in [7, 11) is 0. The number of carboxylic acids is 2. The first-order valence-corrected chi connectivity index (χ1v) is 19.1. The highest BCUT2D eigenvalue weighted by Crippen LogP contribution is 2.55. The molecule has 57 heavy (non-hydrogen) atoms. The average molecular weight is 838 g/mol. The van der Waals surface area contributed by atoms with Gasteiger partial charge >= 0.3 is 11.9 Å². The molecule has 0 unspecified atom stereocenters. The standard InChI is InChI=1S/2C19H18ClF2N3O3.H2O/c2*20-14-15-8(17(26)9(18(27)28)5-25(15)12-4-10(12)21)3-11(22)16(14)24-6-13(23)19(7-24)1-2-19;/h2*3,5,10,12-13H,1-2,4,6-7,23H2,(H,27,28);1H2/t2*10-,12+,13+;/m00./s1. The van der Waals surface area contributed by atoms with E-state index in [2.05, 4.69) is 0 Å². The van der Waals surface area contributed by atoms with Crippen molar-refractivity contribution in [2.75, 3.05) is 36.0 Å². The smallest absolute Gasteiger partial charge is 0.341 e. The quantitative estimate of drug-likeness (QED) is 0.199. The van der Waals surface area contributed by atoms with E-state index in [0.29, 0.717) is 26.2 Å². The first kappa shape index (κ1) is 39.4. The van der Waals surface area contributed by atoms with E-state index in [1.807, 2.05) is 0 Å². The predicted octanol–water partition coefficient (Wildman–Crippen LogP) is 4.58. The fourth-order valence-electron chi connectivity index (χ4n) is 8.86. The molecule has 4 aliphatic carbocycles. The summed E-state index contributed by atoms with van der Waals surface area (Å²) < 4.78 is 60.4. The zero-order valence-electron chi connectivity index (χ0n) is 30.1. The number of hydrogen-bond donors (Lipinski definition) is 4. The molecular formula is C38H38Cl2F4N6O7. The van der Waals surface area contributed by atoms with Gasteiger partial charge < -0.3 is 46.1 Å². The molecule has 2 saturated heterocycles. The number of pyridine rings is 2. The van der Waals surface area contributed by atoms with Gasteiger partial charge in [-0.15, -0.1) is 0 Å². The fraction of sp³-hybridized carbons (Fsp3) is 0.474. The second-order valence-electron chi connectivity index (χ2n) is 16.3. The van der Waals surface area contributed by atoms with Crippen molar-refractivity contribution in [3.8, 4) is 0 Å². The lowest BCUT2D eigenvalue weighted by Crippen LogP contribution is -2.30. The Morgan fingerprint density at radius 2 is 1.04 bits per heavy atom. The molecule has 10 rings (SSSR count). The second kappa shape index (κ2) is 13.3. The lowest BCUT2D eigenvalue weighted by atomic mass is 10.0. The Bertz CT molecular complexity index is 2370. The van der Waals surface area contributed by atoms with Crippen molar-refractivity contribution in [1.82, 2.24) is 9.13 Å². The highest BCUT2D eigenvalue weighted by atomic mass is 35.5. The highest BCUT2D eigenvalue weighted by molar-refractivity contribution is 6.38. The number of benzene rings is 2. The van der Waals surface area contributed by atoms with E-state index in [0.717, 1.165) is 50.2 Å². The van der Waals surface area contributed by atoms with Crippen LogP contribution in [-0.2, 0) is 0 Å². The van der Waals surface area contributed by atoms with Gasteiger partial charge in [-0.1, -0.05) is 23.2 Å². The van der Waals surface area contributed by atoms with Crippen LogP contribution in [0.15, 0.2) is 34.1 Å². The first-order valence-electron chi connectivity index (χ1n) is 18.4. The largest absolute Gasteiger partial charge is 0.477 e. The van der Waals surface area contributed by atoms with Crippen molar-refractivity contribution < 1.29 is 42.8 Å². The predicted molar refractivity (Wildman–Crippen MR) is 205 cm³/mol. The van der Waals surface area contributed by atoms with Gasteiger partial charge in [0.15, 0.2) is 0 Å². The molecule has 4 aromatic rings. The summed E-state index contributed by atoms with van der Waals surface area (Å²) >= 11 is 13.1. The molecule has 13 nitrogen and oxygen atoms in total. The van der Waals surface area contributed by atoms with E-state index in [1.54, 1.807) is 9.80 Å². The Labute approximate surface area is 330 Å². The average Bonchev–Trinajstić information content (AvgIpc) is 3.98. The summed E-state index contributed by atoms with van der Waals surface area (Å²) in [5.41, 5.74) is 10.3. The first-order chi connectivity index (χ1) is 26.5. The van der Waals surface area contributed by atoms with Gasteiger partial charge in [-0.25, -0.2) is 27.2 Å². The summed E-state index contributed by atoms with van der Waals surface area (Å²) in [5.74, 6) is -4.31. The van der Waals surface area contributed by atoms with Crippen LogP contribution < -0.4 is 32.1 Å². The SMILES string of the molecule is N[C@@H]1CN(c2c(F)cc3c(=O)c(C(=O)O)cn([C@@H]4C[C@@H]4F)c3c2Cl)CC12CC2.N[C@@H]1CN(c2c(F)cc3c(=O)c(C(=O)O)cn([C@@H]4C[C@@H]4F)c3c2Cl)CC12CC2.O. The number of rotatable bonds is 6. The summed E-state index contributed by atoms with van der Waals surface area (Å²) in [6.45, 7) is 2.02. The topological polar surface area (TPSA) is 209 Å². The van der Waals surface area contributed by atoms with E-state index in [4.69, 9.17) is 34.7 Å². The molecule has 304 valence electrons. The number of carbonyl (C=O) groups is 2. The van der Waals surface area contributed by atoms with Crippen molar-refractivity contribution >= 4 is 68.3 Å². The van der Waals surface area contributed by atoms with E-state index >= 15 is 8.78 Å². The van der Waals surface area contributed by atoms with Crippen LogP contribution in [0.4, 0.5) is 28.9 Å². The van der Waals surface area contributed by atoms with Crippen LogP contribution >= 0.6 is 23.2 Å². The molecule has 2 aliphatic heterocycles. The van der Waals surface area contributed by atoms with E-state index < -0.39 is 70.0 Å². The molecule has 2 aromatic carbocycles. The van der Waals surface area contributed by atoms with Crippen molar-refractivity contribution in [3.63, 3.8) is 0 Å². The molecular weight excluding hydrogens is 799 g/mol. The van der Waals surface area contributed by atoms with Gasteiger partial charge in [-0.3, -0.25) is 9.59 Å².